The van der Waals surface area contributed by atoms with Crippen LogP contribution >= 0.6 is 0 Å². The summed E-state index contributed by atoms with van der Waals surface area (Å²) in [5.74, 6) is 1.01. The summed E-state index contributed by atoms with van der Waals surface area (Å²) in [5, 5.41) is 3.38. The summed E-state index contributed by atoms with van der Waals surface area (Å²) in [7, 11) is 0. The number of hydrogen-bond donors (Lipinski definition) is 1. The summed E-state index contributed by atoms with van der Waals surface area (Å²) in [6.07, 6.45) is -1.16. The summed E-state index contributed by atoms with van der Waals surface area (Å²) in [6, 6.07) is 8.51. The number of anilines is 1. The Morgan fingerprint density at radius 3 is 2.64 bits per heavy atom. The van der Waals surface area contributed by atoms with Gasteiger partial charge in [-0.25, -0.2) is 23.1 Å². The van der Waals surface area contributed by atoms with Crippen LogP contribution in [-0.4, -0.2) is 25.6 Å². The van der Waals surface area contributed by atoms with Gasteiger partial charge in [-0.1, -0.05) is 18.2 Å². The normalized spacial score (nSPS) is 14.4. The minimum atomic E-state index is -2.92. The maximum absolute atomic E-state index is 14.8. The van der Waals surface area contributed by atoms with Gasteiger partial charge in [0, 0.05) is 43.0 Å². The van der Waals surface area contributed by atoms with Gasteiger partial charge in [-0.2, -0.15) is 0 Å². The molecule has 186 valence electrons. The molecule has 2 aromatic rings. The molecule has 0 fully saturated rings. The average molecular weight is 495 g/mol. The van der Waals surface area contributed by atoms with E-state index in [0.29, 0.717) is 42.3 Å². The smallest absolute Gasteiger partial charge is 0.266 e. The summed E-state index contributed by atoms with van der Waals surface area (Å²) in [6.45, 7) is 7.21. The first-order chi connectivity index (χ1) is 17.3. The molecule has 1 aromatic carbocycles. The molecule has 1 unspecified atom stereocenters. The van der Waals surface area contributed by atoms with Crippen molar-refractivity contribution in [3.8, 4) is 22.5 Å². The number of rotatable bonds is 5. The fourth-order valence-corrected chi connectivity index (χ4v) is 4.61. The van der Waals surface area contributed by atoms with E-state index in [0.717, 1.165) is 23.0 Å². The van der Waals surface area contributed by atoms with Crippen LogP contribution in [0.15, 0.2) is 52.4 Å². The van der Waals surface area contributed by atoms with Crippen molar-refractivity contribution >= 4 is 5.82 Å². The van der Waals surface area contributed by atoms with Crippen LogP contribution in [0.25, 0.3) is 22.5 Å². The van der Waals surface area contributed by atoms with Crippen LogP contribution in [0.4, 0.5) is 19.0 Å². The van der Waals surface area contributed by atoms with Crippen molar-refractivity contribution in [2.45, 2.75) is 46.3 Å². The van der Waals surface area contributed by atoms with Crippen molar-refractivity contribution in [1.82, 2.24) is 19.1 Å². The highest BCUT2D eigenvalue weighted by molar-refractivity contribution is 5.82. The SMILES string of the molecule is CCn1ccc(-c2cc3c(=NC(C)c4cccc(C(F)F)c4F)nc(C)nc-3n3c2NCC3)cc1=O. The van der Waals surface area contributed by atoms with Crippen LogP contribution in [0.3, 0.4) is 0 Å². The minimum absolute atomic E-state index is 0.0658. The predicted octanol–water partition coefficient (Wildman–Crippen LogP) is 4.70. The van der Waals surface area contributed by atoms with Gasteiger partial charge >= 0.3 is 0 Å². The van der Waals surface area contributed by atoms with Crippen LogP contribution < -0.4 is 16.4 Å². The summed E-state index contributed by atoms with van der Waals surface area (Å²) in [4.78, 5) is 26.3. The molecular weight excluding hydrogens is 469 g/mol. The molecule has 0 aliphatic carbocycles. The molecule has 1 atom stereocenters. The maximum Gasteiger partial charge on any atom is 0.266 e. The Morgan fingerprint density at radius 2 is 1.92 bits per heavy atom. The summed E-state index contributed by atoms with van der Waals surface area (Å²) >= 11 is 0. The van der Waals surface area contributed by atoms with E-state index in [1.807, 2.05) is 23.6 Å². The van der Waals surface area contributed by atoms with Crippen molar-refractivity contribution in [2.75, 3.05) is 11.9 Å². The highest BCUT2D eigenvalue weighted by Crippen LogP contribution is 2.36. The molecule has 0 bridgehead atoms. The molecule has 0 amide bonds. The Labute approximate surface area is 205 Å². The van der Waals surface area contributed by atoms with Gasteiger partial charge in [-0.15, -0.1) is 0 Å². The van der Waals surface area contributed by atoms with Crippen LogP contribution in [0.2, 0.25) is 0 Å². The van der Waals surface area contributed by atoms with Crippen LogP contribution in [-0.2, 0) is 13.1 Å². The quantitative estimate of drug-likeness (QED) is 0.436. The molecule has 3 aliphatic rings. The van der Waals surface area contributed by atoms with Gasteiger partial charge in [0.05, 0.1) is 17.2 Å². The van der Waals surface area contributed by atoms with E-state index < -0.39 is 23.8 Å². The zero-order valence-corrected chi connectivity index (χ0v) is 20.1. The Hall–Kier alpha value is -3.95. The molecule has 4 heterocycles. The molecule has 1 aromatic heterocycles. The van der Waals surface area contributed by atoms with Gasteiger partial charge in [0.25, 0.3) is 12.0 Å². The van der Waals surface area contributed by atoms with Crippen molar-refractivity contribution < 1.29 is 13.2 Å². The topological polar surface area (TPSA) is 77.1 Å². The predicted molar refractivity (Wildman–Crippen MR) is 131 cm³/mol. The Morgan fingerprint density at radius 1 is 1.14 bits per heavy atom. The number of benzene rings is 1. The molecule has 1 N–H and O–H groups in total. The highest BCUT2D eigenvalue weighted by Gasteiger charge is 2.25. The summed E-state index contributed by atoms with van der Waals surface area (Å²) in [5.41, 5.74) is 1.79. The molecule has 0 saturated heterocycles. The van der Waals surface area contributed by atoms with E-state index in [9.17, 15) is 18.0 Å². The first kappa shape index (κ1) is 23.8. The fraction of sp³-hybridized carbons (Fsp3) is 0.308. The molecule has 0 saturated carbocycles. The van der Waals surface area contributed by atoms with Crippen molar-refractivity contribution in [1.29, 1.82) is 0 Å². The minimum Gasteiger partial charge on any atom is -0.369 e. The molecule has 7 nitrogen and oxygen atoms in total. The van der Waals surface area contributed by atoms with E-state index >= 15 is 0 Å². The molecule has 0 radical (unpaired) electrons. The van der Waals surface area contributed by atoms with E-state index in [-0.39, 0.29) is 11.1 Å². The van der Waals surface area contributed by atoms with Crippen LogP contribution in [0, 0.1) is 12.7 Å². The van der Waals surface area contributed by atoms with E-state index in [4.69, 9.17) is 0 Å². The summed E-state index contributed by atoms with van der Waals surface area (Å²) < 4.78 is 44.9. The second kappa shape index (κ2) is 9.25. The number of hydrogen-bond acceptors (Lipinski definition) is 5. The van der Waals surface area contributed by atoms with Crippen molar-refractivity contribution in [2.24, 2.45) is 4.99 Å². The van der Waals surface area contributed by atoms with E-state index in [1.54, 1.807) is 30.7 Å². The molecule has 36 heavy (non-hydrogen) atoms. The number of aromatic nitrogens is 4. The van der Waals surface area contributed by atoms with Gasteiger partial charge in [0.15, 0.2) is 5.49 Å². The van der Waals surface area contributed by atoms with E-state index in [2.05, 4.69) is 20.3 Å². The number of halogens is 3. The zero-order valence-electron chi connectivity index (χ0n) is 20.1. The lowest BCUT2D eigenvalue weighted by Gasteiger charge is -2.18. The fourth-order valence-electron chi connectivity index (χ4n) is 4.61. The number of fused-ring (bicyclic) bond motifs is 3. The van der Waals surface area contributed by atoms with Gasteiger partial charge in [0.2, 0.25) is 0 Å². The van der Waals surface area contributed by atoms with Gasteiger partial charge in [-0.3, -0.25) is 9.79 Å². The number of aryl methyl sites for hydroxylation is 2. The molecule has 5 rings (SSSR count). The van der Waals surface area contributed by atoms with E-state index in [1.165, 1.54) is 12.1 Å². The highest BCUT2D eigenvalue weighted by atomic mass is 19.3. The third-order valence-electron chi connectivity index (χ3n) is 6.42. The van der Waals surface area contributed by atoms with Gasteiger partial charge < -0.3 is 14.5 Å². The third-order valence-corrected chi connectivity index (χ3v) is 6.42. The monoisotopic (exact) mass is 494 g/mol. The Balaban J connectivity index is 1.73. The number of pyridine rings is 2. The van der Waals surface area contributed by atoms with Crippen molar-refractivity contribution in [3.63, 3.8) is 0 Å². The maximum atomic E-state index is 14.8. The number of nitrogens with one attached hydrogen (secondary N) is 1. The van der Waals surface area contributed by atoms with Crippen LogP contribution in [0.5, 0.6) is 0 Å². The Bertz CT molecular complexity index is 1560. The first-order valence-electron chi connectivity index (χ1n) is 11.8. The second-order valence-electron chi connectivity index (χ2n) is 8.71. The first-order valence-corrected chi connectivity index (χ1v) is 11.8. The number of nitrogens with zero attached hydrogens (tertiary/aromatic N) is 5. The third kappa shape index (κ3) is 4.06. The van der Waals surface area contributed by atoms with Crippen LogP contribution in [0.1, 0.15) is 43.3 Å². The number of alkyl halides is 2. The largest absolute Gasteiger partial charge is 0.369 e. The molecular formula is C26H25F3N6O. The molecule has 0 spiro atoms. The second-order valence-corrected chi connectivity index (χ2v) is 8.71. The molecule has 10 heteroatoms. The lowest BCUT2D eigenvalue weighted by molar-refractivity contribution is 0.146. The molecule has 3 aliphatic heterocycles. The Kier molecular flexibility index (Phi) is 6.11. The lowest BCUT2D eigenvalue weighted by Crippen LogP contribution is -2.21. The van der Waals surface area contributed by atoms with Crippen molar-refractivity contribution in [3.05, 3.63) is 81.2 Å². The average Bonchev–Trinajstić information content (AvgIpc) is 3.34. The van der Waals surface area contributed by atoms with Gasteiger partial charge in [0.1, 0.15) is 23.3 Å². The zero-order chi connectivity index (χ0) is 25.6. The standard InChI is InChI=1S/C26H25F3N6O/c1-4-34-10-8-16(12-21(34)36)19-13-20-24(32-15(3)33-26(20)35-11-9-30-25(19)35)31-14(2)17-6-5-7-18(22(17)27)23(28)29/h5-8,10,12-14,23,30H,4,9,11H2,1-3H3. The lowest BCUT2D eigenvalue weighted by atomic mass is 10.0. The van der Waals surface area contributed by atoms with Gasteiger partial charge in [-0.05, 0) is 38.5 Å².